The Hall–Kier alpha value is -2.37. The summed E-state index contributed by atoms with van der Waals surface area (Å²) in [5.74, 6) is -2.00. The molecule has 4 rings (SSSR count). The first-order chi connectivity index (χ1) is 14.2. The molecule has 2 aliphatic heterocycles. The van der Waals surface area contributed by atoms with Gasteiger partial charge < -0.3 is 19.2 Å². The fraction of sp³-hybridized carbons (Fsp3) is 0.474. The molecule has 0 saturated carbocycles. The van der Waals surface area contributed by atoms with Crippen LogP contribution in [0.15, 0.2) is 39.6 Å². The topological polar surface area (TPSA) is 83.2 Å². The lowest BCUT2D eigenvalue weighted by molar-refractivity contribution is -0.192. The second-order valence-corrected chi connectivity index (χ2v) is 7.81. The van der Waals surface area contributed by atoms with Crippen molar-refractivity contribution in [1.29, 1.82) is 0 Å². The maximum Gasteiger partial charge on any atom is 0.490 e. The normalized spacial score (nSPS) is 22.0. The number of fused-ring (bicyclic) bond motifs is 1. The minimum absolute atomic E-state index is 0.0319. The number of carbonyl (C=O) groups is 2. The van der Waals surface area contributed by atoms with Crippen LogP contribution in [-0.2, 0) is 16.1 Å². The van der Waals surface area contributed by atoms with E-state index in [1.165, 1.54) is 5.56 Å². The van der Waals surface area contributed by atoms with E-state index in [0.29, 0.717) is 24.8 Å². The molecule has 2 fully saturated rings. The Balaban J connectivity index is 0.000000318. The molecule has 1 N–H and O–H groups in total. The predicted molar refractivity (Wildman–Crippen MR) is 101 cm³/mol. The highest BCUT2D eigenvalue weighted by molar-refractivity contribution is 7.07. The average Bonchev–Trinajstić information content (AvgIpc) is 3.42. The molecule has 0 spiro atoms. The van der Waals surface area contributed by atoms with Gasteiger partial charge in [-0.15, -0.1) is 0 Å². The van der Waals surface area contributed by atoms with Crippen LogP contribution in [0.25, 0.3) is 0 Å². The van der Waals surface area contributed by atoms with Crippen LogP contribution in [0.1, 0.15) is 16.1 Å². The van der Waals surface area contributed by atoms with Gasteiger partial charge in [0.15, 0.2) is 5.76 Å². The van der Waals surface area contributed by atoms with Crippen LogP contribution in [-0.4, -0.2) is 71.8 Å². The summed E-state index contributed by atoms with van der Waals surface area (Å²) in [5.41, 5.74) is 1.36. The first-order valence-electron chi connectivity index (χ1n) is 9.22. The Morgan fingerprint density at radius 1 is 1.23 bits per heavy atom. The van der Waals surface area contributed by atoms with Crippen LogP contribution in [0.4, 0.5) is 13.2 Å². The zero-order valence-electron chi connectivity index (χ0n) is 15.9. The van der Waals surface area contributed by atoms with E-state index in [4.69, 9.17) is 19.1 Å². The molecule has 11 heteroatoms. The molecule has 0 bridgehead atoms. The maximum absolute atomic E-state index is 12.5. The van der Waals surface area contributed by atoms with E-state index in [2.05, 4.69) is 21.7 Å². The molecule has 2 aromatic rings. The summed E-state index contributed by atoms with van der Waals surface area (Å²) in [6.45, 7) is 4.86. The largest absolute Gasteiger partial charge is 0.490 e. The summed E-state index contributed by atoms with van der Waals surface area (Å²) in [7, 11) is 0. The molecule has 2 aliphatic rings. The van der Waals surface area contributed by atoms with Gasteiger partial charge in [0, 0.05) is 38.6 Å². The lowest BCUT2D eigenvalue weighted by atomic mass is 10.1. The molecule has 0 aliphatic carbocycles. The number of nitrogens with zero attached hydrogens (tertiary/aromatic N) is 2. The fourth-order valence-electron chi connectivity index (χ4n) is 3.49. The monoisotopic (exact) mass is 446 g/mol. The van der Waals surface area contributed by atoms with Gasteiger partial charge >= 0.3 is 12.1 Å². The van der Waals surface area contributed by atoms with Crippen LogP contribution in [0, 0.1) is 5.92 Å². The molecule has 4 heterocycles. The van der Waals surface area contributed by atoms with Gasteiger partial charge in [0.2, 0.25) is 0 Å². The predicted octanol–water partition coefficient (Wildman–Crippen LogP) is 2.95. The van der Waals surface area contributed by atoms with Gasteiger partial charge in [0.1, 0.15) is 0 Å². The number of hydrogen-bond acceptors (Lipinski definition) is 6. The van der Waals surface area contributed by atoms with Crippen molar-refractivity contribution in [3.8, 4) is 0 Å². The van der Waals surface area contributed by atoms with Gasteiger partial charge in [-0.05, 0) is 34.5 Å². The minimum atomic E-state index is -5.08. The Bertz CT molecular complexity index is 826. The number of aliphatic carboxylic acids is 1. The van der Waals surface area contributed by atoms with Crippen LogP contribution >= 0.6 is 11.3 Å². The van der Waals surface area contributed by atoms with Gasteiger partial charge in [-0.1, -0.05) is 0 Å². The van der Waals surface area contributed by atoms with E-state index in [0.717, 1.165) is 26.2 Å². The van der Waals surface area contributed by atoms with E-state index in [1.807, 2.05) is 4.90 Å². The summed E-state index contributed by atoms with van der Waals surface area (Å²) in [6.07, 6.45) is -3.31. The molecular weight excluding hydrogens is 425 g/mol. The van der Waals surface area contributed by atoms with Crippen molar-refractivity contribution >= 4 is 23.2 Å². The van der Waals surface area contributed by atoms with Gasteiger partial charge in [-0.2, -0.15) is 24.5 Å². The highest BCUT2D eigenvalue weighted by Crippen LogP contribution is 2.26. The number of carboxylic acid groups (broad SMARTS) is 1. The van der Waals surface area contributed by atoms with E-state index in [1.54, 1.807) is 29.7 Å². The second kappa shape index (κ2) is 9.63. The van der Waals surface area contributed by atoms with E-state index < -0.39 is 12.1 Å². The lowest BCUT2D eigenvalue weighted by Gasteiger charge is -2.22. The molecule has 2 saturated heterocycles. The number of rotatable bonds is 3. The molecule has 0 unspecified atom stereocenters. The number of hydrogen-bond donors (Lipinski definition) is 1. The first kappa shape index (κ1) is 22.3. The highest BCUT2D eigenvalue weighted by Gasteiger charge is 2.39. The van der Waals surface area contributed by atoms with Crippen LogP contribution in [0.3, 0.4) is 0 Å². The number of furan rings is 1. The third-order valence-corrected chi connectivity index (χ3v) is 5.58. The SMILES string of the molecule is O=C(O)C(F)(F)F.O=C(c1ccco1)N1CCO[C@@H]2CN(Cc3ccsc3)C[C@@H]2C1. The summed E-state index contributed by atoms with van der Waals surface area (Å²) in [6, 6.07) is 5.65. The number of thiophene rings is 1. The molecule has 1 amide bonds. The second-order valence-electron chi connectivity index (χ2n) is 7.03. The van der Waals surface area contributed by atoms with Crippen LogP contribution in [0.5, 0.6) is 0 Å². The minimum Gasteiger partial charge on any atom is -0.475 e. The van der Waals surface area contributed by atoms with Crippen molar-refractivity contribution in [2.45, 2.75) is 18.8 Å². The number of alkyl halides is 3. The molecule has 0 radical (unpaired) electrons. The number of carbonyl (C=O) groups excluding carboxylic acids is 1. The molecule has 7 nitrogen and oxygen atoms in total. The van der Waals surface area contributed by atoms with Crippen molar-refractivity contribution in [1.82, 2.24) is 9.80 Å². The fourth-order valence-corrected chi connectivity index (χ4v) is 4.15. The van der Waals surface area contributed by atoms with E-state index >= 15 is 0 Å². The van der Waals surface area contributed by atoms with Crippen molar-refractivity contribution in [2.75, 3.05) is 32.8 Å². The summed E-state index contributed by atoms with van der Waals surface area (Å²) < 4.78 is 43.0. The lowest BCUT2D eigenvalue weighted by Crippen LogP contribution is -2.37. The number of amides is 1. The smallest absolute Gasteiger partial charge is 0.475 e. The summed E-state index contributed by atoms with van der Waals surface area (Å²) in [5, 5.41) is 11.4. The molecular formula is C19H21F3N2O5S. The first-order valence-corrected chi connectivity index (χ1v) is 10.2. The third-order valence-electron chi connectivity index (χ3n) is 4.85. The van der Waals surface area contributed by atoms with Gasteiger partial charge in [0.25, 0.3) is 5.91 Å². The number of ether oxygens (including phenoxy) is 1. The standard InChI is InChI=1S/C17H20N2O3S.C2HF3O2/c20-17(15-2-1-5-21-15)19-4-6-22-16-11-18(9-14(16)10-19)8-13-3-7-23-12-13;3-2(4,5)1(6)7/h1-3,5,7,12,14,16H,4,6,8-11H2;(H,6,7)/t14-,16-;/m1./s1. The van der Waals surface area contributed by atoms with Crippen molar-refractivity contribution in [3.63, 3.8) is 0 Å². The highest BCUT2D eigenvalue weighted by atomic mass is 32.1. The molecule has 0 aromatic carbocycles. The zero-order valence-corrected chi connectivity index (χ0v) is 16.7. The molecule has 30 heavy (non-hydrogen) atoms. The van der Waals surface area contributed by atoms with Gasteiger partial charge in [-0.3, -0.25) is 9.69 Å². The summed E-state index contributed by atoms with van der Waals surface area (Å²) in [4.78, 5) is 25.7. The summed E-state index contributed by atoms with van der Waals surface area (Å²) >= 11 is 1.73. The quantitative estimate of drug-likeness (QED) is 0.781. The number of halogens is 3. The molecule has 2 atom stereocenters. The Morgan fingerprint density at radius 3 is 2.60 bits per heavy atom. The zero-order chi connectivity index (χ0) is 21.7. The maximum atomic E-state index is 12.5. The van der Waals surface area contributed by atoms with Crippen molar-refractivity contribution in [3.05, 3.63) is 46.5 Å². The molecule has 2 aromatic heterocycles. The van der Waals surface area contributed by atoms with Gasteiger partial charge in [0.05, 0.1) is 19.0 Å². The third kappa shape index (κ3) is 5.83. The van der Waals surface area contributed by atoms with Crippen LogP contribution in [0.2, 0.25) is 0 Å². The van der Waals surface area contributed by atoms with E-state index in [-0.39, 0.29) is 12.0 Å². The van der Waals surface area contributed by atoms with Crippen molar-refractivity contribution < 1.29 is 37.0 Å². The average molecular weight is 446 g/mol. The molecule has 164 valence electrons. The Morgan fingerprint density at radius 2 is 2.00 bits per heavy atom. The Labute approximate surface area is 174 Å². The van der Waals surface area contributed by atoms with Crippen LogP contribution < -0.4 is 0 Å². The van der Waals surface area contributed by atoms with Gasteiger partial charge in [-0.25, -0.2) is 4.79 Å². The number of carboxylic acids is 1. The van der Waals surface area contributed by atoms with E-state index in [9.17, 15) is 18.0 Å². The number of likely N-dealkylation sites (tertiary alicyclic amines) is 1. The Kier molecular flexibility index (Phi) is 7.16. The van der Waals surface area contributed by atoms with Crippen molar-refractivity contribution in [2.24, 2.45) is 5.92 Å².